The summed E-state index contributed by atoms with van der Waals surface area (Å²) < 4.78 is 0. The van der Waals surface area contributed by atoms with Crippen molar-refractivity contribution in [2.24, 2.45) is 0 Å². The lowest BCUT2D eigenvalue weighted by Crippen LogP contribution is -2.14. The van der Waals surface area contributed by atoms with E-state index in [0.29, 0.717) is 11.4 Å². The molecule has 3 N–H and O–H groups in total. The number of thioether (sulfide) groups is 1. The van der Waals surface area contributed by atoms with Gasteiger partial charge in [-0.3, -0.25) is 4.79 Å². The van der Waals surface area contributed by atoms with Gasteiger partial charge >= 0.3 is 0 Å². The number of hydrogen-bond acceptors (Lipinski definition) is 4. The highest BCUT2D eigenvalue weighted by Gasteiger charge is 2.06. The lowest BCUT2D eigenvalue weighted by molar-refractivity contribution is -0.113. The Kier molecular flexibility index (Phi) is 4.63. The summed E-state index contributed by atoms with van der Waals surface area (Å²) in [6, 6.07) is 9.54. The fourth-order valence-electron chi connectivity index (χ4n) is 1.76. The van der Waals surface area contributed by atoms with E-state index in [2.05, 4.69) is 10.3 Å². The van der Waals surface area contributed by atoms with Crippen LogP contribution in [0.25, 0.3) is 0 Å². The number of benzene rings is 1. The molecule has 0 fully saturated rings. The molecule has 104 valence electrons. The number of anilines is 2. The van der Waals surface area contributed by atoms with Gasteiger partial charge in [-0.2, -0.15) is 0 Å². The number of nitrogens with two attached hydrogens (primary N) is 1. The van der Waals surface area contributed by atoms with E-state index in [1.54, 1.807) is 12.3 Å². The van der Waals surface area contributed by atoms with E-state index in [4.69, 9.17) is 5.73 Å². The summed E-state index contributed by atoms with van der Waals surface area (Å²) in [4.78, 5) is 16.0. The first-order valence-corrected chi connectivity index (χ1v) is 7.24. The van der Waals surface area contributed by atoms with Crippen LogP contribution < -0.4 is 11.1 Å². The second-order valence-electron chi connectivity index (χ2n) is 4.58. The van der Waals surface area contributed by atoms with Gasteiger partial charge in [0.15, 0.2) is 0 Å². The van der Waals surface area contributed by atoms with Crippen LogP contribution in [-0.2, 0) is 4.79 Å². The van der Waals surface area contributed by atoms with Crippen LogP contribution in [0.3, 0.4) is 0 Å². The molecule has 1 aromatic heterocycles. The molecule has 1 heterocycles. The molecule has 1 amide bonds. The zero-order chi connectivity index (χ0) is 14.5. The Morgan fingerprint density at radius 3 is 2.75 bits per heavy atom. The van der Waals surface area contributed by atoms with Gasteiger partial charge in [-0.05, 0) is 37.6 Å². The highest BCUT2D eigenvalue weighted by molar-refractivity contribution is 7.99. The summed E-state index contributed by atoms with van der Waals surface area (Å²) >= 11 is 1.39. The molecule has 0 unspecified atom stereocenters. The molecule has 0 saturated carbocycles. The monoisotopic (exact) mass is 287 g/mol. The van der Waals surface area contributed by atoms with Crippen LogP contribution in [0.1, 0.15) is 11.1 Å². The van der Waals surface area contributed by atoms with Crippen molar-refractivity contribution >= 4 is 29.0 Å². The van der Waals surface area contributed by atoms with Crippen molar-refractivity contribution in [3.63, 3.8) is 0 Å². The van der Waals surface area contributed by atoms with Crippen LogP contribution in [-0.4, -0.2) is 16.6 Å². The van der Waals surface area contributed by atoms with Gasteiger partial charge in [-0.25, -0.2) is 4.98 Å². The third kappa shape index (κ3) is 3.99. The minimum Gasteiger partial charge on any atom is -0.397 e. The molecule has 2 rings (SSSR count). The number of carbonyl (C=O) groups excluding carboxylic acids is 1. The van der Waals surface area contributed by atoms with Gasteiger partial charge in [0.05, 0.1) is 22.7 Å². The molecule has 0 aliphatic rings. The number of nitrogens with one attached hydrogen (secondary N) is 1. The van der Waals surface area contributed by atoms with Crippen molar-refractivity contribution in [2.45, 2.75) is 18.9 Å². The van der Waals surface area contributed by atoms with Crippen LogP contribution >= 0.6 is 11.8 Å². The Balaban J connectivity index is 1.90. The van der Waals surface area contributed by atoms with Crippen molar-refractivity contribution in [1.29, 1.82) is 0 Å². The van der Waals surface area contributed by atoms with Crippen LogP contribution in [0.2, 0.25) is 0 Å². The Morgan fingerprint density at radius 2 is 2.10 bits per heavy atom. The molecule has 0 spiro atoms. The van der Waals surface area contributed by atoms with E-state index in [-0.39, 0.29) is 5.91 Å². The fourth-order valence-corrected chi connectivity index (χ4v) is 2.40. The number of hydrogen-bond donors (Lipinski definition) is 2. The third-order valence-electron chi connectivity index (χ3n) is 2.77. The van der Waals surface area contributed by atoms with E-state index < -0.39 is 0 Å². The number of carbonyl (C=O) groups is 1. The van der Waals surface area contributed by atoms with Gasteiger partial charge in [0.2, 0.25) is 5.91 Å². The Labute approximate surface area is 122 Å². The Hall–Kier alpha value is -2.01. The normalized spacial score (nSPS) is 10.3. The zero-order valence-electron chi connectivity index (χ0n) is 11.5. The van der Waals surface area contributed by atoms with Gasteiger partial charge < -0.3 is 11.1 Å². The summed E-state index contributed by atoms with van der Waals surface area (Å²) in [5.41, 5.74) is 9.28. The van der Waals surface area contributed by atoms with Crippen molar-refractivity contribution in [1.82, 2.24) is 4.98 Å². The second kappa shape index (κ2) is 6.43. The van der Waals surface area contributed by atoms with E-state index in [1.807, 2.05) is 38.1 Å². The van der Waals surface area contributed by atoms with Crippen molar-refractivity contribution in [3.05, 3.63) is 47.7 Å². The molecule has 0 aliphatic carbocycles. The van der Waals surface area contributed by atoms with Crippen LogP contribution in [0.4, 0.5) is 11.4 Å². The van der Waals surface area contributed by atoms with Gasteiger partial charge in [0.1, 0.15) is 0 Å². The smallest absolute Gasteiger partial charge is 0.234 e. The van der Waals surface area contributed by atoms with Crippen LogP contribution in [0.15, 0.2) is 41.6 Å². The molecule has 2 aromatic rings. The van der Waals surface area contributed by atoms with Gasteiger partial charge in [0, 0.05) is 5.69 Å². The molecule has 20 heavy (non-hydrogen) atoms. The summed E-state index contributed by atoms with van der Waals surface area (Å²) in [6.45, 7) is 4.01. The quantitative estimate of drug-likeness (QED) is 0.848. The summed E-state index contributed by atoms with van der Waals surface area (Å²) in [5, 5.41) is 3.69. The summed E-state index contributed by atoms with van der Waals surface area (Å²) in [7, 11) is 0. The van der Waals surface area contributed by atoms with E-state index in [0.717, 1.165) is 16.3 Å². The second-order valence-corrected chi connectivity index (χ2v) is 5.58. The minimum absolute atomic E-state index is 0.0411. The molecule has 0 aliphatic heterocycles. The predicted molar refractivity (Wildman–Crippen MR) is 83.9 cm³/mol. The molecule has 0 saturated heterocycles. The first-order chi connectivity index (χ1) is 9.54. The molecular weight excluding hydrogens is 270 g/mol. The maximum absolute atomic E-state index is 11.9. The number of aryl methyl sites for hydroxylation is 2. The highest BCUT2D eigenvalue weighted by atomic mass is 32.2. The van der Waals surface area contributed by atoms with E-state index in [1.165, 1.54) is 17.3 Å². The average Bonchev–Trinajstić information content (AvgIpc) is 2.41. The maximum atomic E-state index is 11.9. The number of amides is 1. The van der Waals surface area contributed by atoms with E-state index >= 15 is 0 Å². The molecular formula is C15H17N3OS. The highest BCUT2D eigenvalue weighted by Crippen LogP contribution is 2.19. The fraction of sp³-hybridized carbons (Fsp3) is 0.200. The molecule has 4 nitrogen and oxygen atoms in total. The van der Waals surface area contributed by atoms with Gasteiger partial charge in [0.25, 0.3) is 0 Å². The van der Waals surface area contributed by atoms with Crippen LogP contribution in [0, 0.1) is 13.8 Å². The largest absolute Gasteiger partial charge is 0.397 e. The lowest BCUT2D eigenvalue weighted by Gasteiger charge is -2.08. The minimum atomic E-state index is -0.0411. The zero-order valence-corrected chi connectivity index (χ0v) is 12.3. The summed E-state index contributed by atoms with van der Waals surface area (Å²) in [5.74, 6) is 0.283. The number of pyridine rings is 1. The number of nitrogen functional groups attached to an aromatic ring is 1. The Morgan fingerprint density at radius 1 is 1.30 bits per heavy atom. The van der Waals surface area contributed by atoms with Crippen molar-refractivity contribution in [3.8, 4) is 0 Å². The first-order valence-electron chi connectivity index (χ1n) is 6.26. The van der Waals surface area contributed by atoms with Gasteiger partial charge in [-0.1, -0.05) is 29.5 Å². The van der Waals surface area contributed by atoms with Crippen molar-refractivity contribution < 1.29 is 4.79 Å². The number of aromatic nitrogens is 1. The molecule has 0 radical (unpaired) electrons. The predicted octanol–water partition coefficient (Wildman–Crippen LogP) is 3.01. The summed E-state index contributed by atoms with van der Waals surface area (Å²) in [6.07, 6.45) is 1.59. The maximum Gasteiger partial charge on any atom is 0.234 e. The molecule has 0 atom stereocenters. The topological polar surface area (TPSA) is 68.0 Å². The number of rotatable bonds is 4. The molecule has 5 heteroatoms. The standard InChI is InChI=1S/C15H17N3OS/c1-10-3-5-13(11(2)7-10)18-14(19)9-20-15-6-4-12(16)8-17-15/h3-8H,9,16H2,1-2H3,(H,18,19). The molecule has 1 aromatic carbocycles. The SMILES string of the molecule is Cc1ccc(NC(=O)CSc2ccc(N)cn2)c(C)c1. The third-order valence-corrected chi connectivity index (χ3v) is 3.71. The Bertz CT molecular complexity index is 611. The van der Waals surface area contributed by atoms with Crippen LogP contribution in [0.5, 0.6) is 0 Å². The first kappa shape index (κ1) is 14.4. The number of nitrogens with zero attached hydrogens (tertiary/aromatic N) is 1. The average molecular weight is 287 g/mol. The van der Waals surface area contributed by atoms with E-state index in [9.17, 15) is 4.79 Å². The van der Waals surface area contributed by atoms with Gasteiger partial charge in [-0.15, -0.1) is 0 Å². The molecule has 0 bridgehead atoms. The van der Waals surface area contributed by atoms with Crippen molar-refractivity contribution in [2.75, 3.05) is 16.8 Å². The lowest BCUT2D eigenvalue weighted by atomic mass is 10.1.